The average molecular weight is 473 g/mol. The molecule has 1 N–H and O–H groups in total. The number of rotatable bonds is 10. The summed E-state index contributed by atoms with van der Waals surface area (Å²) in [5, 5.41) is 3.41. The molecule has 0 saturated carbocycles. The lowest BCUT2D eigenvalue weighted by atomic mass is 10.1. The SMILES string of the molecule is CCC(=O)CN(C=O)c1ccc(Nc2cccn3c(C)c(-c4cccc(OC)c4)nc23)cc1OC. The number of fused-ring (bicyclic) bond motifs is 1. The highest BCUT2D eigenvalue weighted by molar-refractivity contribution is 5.91. The van der Waals surface area contributed by atoms with Crippen molar-refractivity contribution >= 4 is 34.9 Å². The second-order valence-electron chi connectivity index (χ2n) is 8.03. The van der Waals surface area contributed by atoms with Crippen molar-refractivity contribution < 1.29 is 19.1 Å². The third-order valence-corrected chi connectivity index (χ3v) is 5.87. The fourth-order valence-corrected chi connectivity index (χ4v) is 3.96. The molecule has 0 atom stereocenters. The number of nitrogens with zero attached hydrogens (tertiary/aromatic N) is 3. The Kier molecular flexibility index (Phi) is 7.01. The van der Waals surface area contributed by atoms with Gasteiger partial charge in [0.2, 0.25) is 6.41 Å². The summed E-state index contributed by atoms with van der Waals surface area (Å²) in [4.78, 5) is 29.8. The standard InChI is InChI=1S/C27H28N4O4/c1-5-21(33)16-30(17-32)24-12-11-20(15-25(24)35-4)28-23-10-7-13-31-18(2)26(29-27(23)31)19-8-6-9-22(14-19)34-3/h6-15,17,28H,5,16H2,1-4H3. The second kappa shape index (κ2) is 10.3. The van der Waals surface area contributed by atoms with Crippen LogP contribution in [-0.4, -0.2) is 42.3 Å². The van der Waals surface area contributed by atoms with Crippen LogP contribution in [0.4, 0.5) is 17.1 Å². The number of aryl methyl sites for hydroxylation is 1. The Labute approximate surface area is 204 Å². The summed E-state index contributed by atoms with van der Waals surface area (Å²) < 4.78 is 12.9. The summed E-state index contributed by atoms with van der Waals surface area (Å²) in [6, 6.07) is 17.1. The van der Waals surface area contributed by atoms with Gasteiger partial charge in [0.05, 0.1) is 37.8 Å². The maximum atomic E-state index is 11.9. The Balaban J connectivity index is 1.69. The number of carbonyl (C=O) groups is 2. The van der Waals surface area contributed by atoms with E-state index in [1.165, 1.54) is 12.0 Å². The van der Waals surface area contributed by atoms with Gasteiger partial charge in [-0.25, -0.2) is 4.98 Å². The van der Waals surface area contributed by atoms with Crippen molar-refractivity contribution in [3.05, 3.63) is 66.5 Å². The first-order valence-corrected chi connectivity index (χ1v) is 11.3. The number of anilines is 3. The Morgan fingerprint density at radius 3 is 2.66 bits per heavy atom. The number of Topliss-reactive ketones (excluding diaryl/α,β-unsaturated/α-hetero) is 1. The van der Waals surface area contributed by atoms with Gasteiger partial charge in [0.25, 0.3) is 0 Å². The molecule has 0 fully saturated rings. The number of pyridine rings is 1. The van der Waals surface area contributed by atoms with E-state index < -0.39 is 0 Å². The van der Waals surface area contributed by atoms with Gasteiger partial charge in [-0.1, -0.05) is 19.1 Å². The molecule has 0 aliphatic rings. The molecule has 0 saturated heterocycles. The molecular formula is C27H28N4O4. The number of imidazole rings is 1. The minimum atomic E-state index is -0.0328. The molecule has 0 aliphatic heterocycles. The predicted molar refractivity (Wildman–Crippen MR) is 137 cm³/mol. The molecule has 1 amide bonds. The van der Waals surface area contributed by atoms with Crippen LogP contribution in [0.25, 0.3) is 16.9 Å². The van der Waals surface area contributed by atoms with Crippen LogP contribution in [0.2, 0.25) is 0 Å². The number of hydrogen-bond acceptors (Lipinski definition) is 6. The van der Waals surface area contributed by atoms with Crippen LogP contribution in [-0.2, 0) is 9.59 Å². The number of methoxy groups -OCH3 is 2. The molecule has 4 aromatic rings. The maximum Gasteiger partial charge on any atom is 0.214 e. The molecule has 0 bridgehead atoms. The van der Waals surface area contributed by atoms with E-state index in [2.05, 4.69) is 5.32 Å². The van der Waals surface area contributed by atoms with Crippen molar-refractivity contribution in [3.8, 4) is 22.8 Å². The number of nitrogens with one attached hydrogen (secondary N) is 1. The lowest BCUT2D eigenvalue weighted by molar-refractivity contribution is -0.119. The highest BCUT2D eigenvalue weighted by Gasteiger charge is 2.17. The summed E-state index contributed by atoms with van der Waals surface area (Å²) in [5.74, 6) is 1.22. The fraction of sp³-hybridized carbons (Fsp3) is 0.222. The summed E-state index contributed by atoms with van der Waals surface area (Å²) in [5.41, 5.74) is 5.72. The molecule has 4 rings (SSSR count). The minimum absolute atomic E-state index is 0.00282. The van der Waals surface area contributed by atoms with Crippen LogP contribution >= 0.6 is 0 Å². The van der Waals surface area contributed by atoms with E-state index in [9.17, 15) is 9.59 Å². The largest absolute Gasteiger partial charge is 0.497 e. The number of ether oxygens (including phenoxy) is 2. The minimum Gasteiger partial charge on any atom is -0.497 e. The Bertz CT molecular complexity index is 1380. The van der Waals surface area contributed by atoms with Crippen molar-refractivity contribution in [1.29, 1.82) is 0 Å². The molecule has 0 spiro atoms. The number of amides is 1. The van der Waals surface area contributed by atoms with Gasteiger partial charge in [-0.15, -0.1) is 0 Å². The third-order valence-electron chi connectivity index (χ3n) is 5.87. The van der Waals surface area contributed by atoms with Crippen LogP contribution in [0, 0.1) is 6.92 Å². The van der Waals surface area contributed by atoms with Gasteiger partial charge in [-0.2, -0.15) is 0 Å². The second-order valence-corrected chi connectivity index (χ2v) is 8.03. The van der Waals surface area contributed by atoms with E-state index in [0.717, 1.165) is 39.7 Å². The topological polar surface area (TPSA) is 85.2 Å². The number of ketones is 1. The third kappa shape index (κ3) is 4.82. The molecular weight excluding hydrogens is 444 g/mol. The zero-order chi connectivity index (χ0) is 24.9. The first-order chi connectivity index (χ1) is 17.0. The van der Waals surface area contributed by atoms with Crippen molar-refractivity contribution in [3.63, 3.8) is 0 Å². The summed E-state index contributed by atoms with van der Waals surface area (Å²) >= 11 is 0. The number of carbonyl (C=O) groups excluding carboxylic acids is 2. The van der Waals surface area contributed by atoms with Crippen LogP contribution in [0.1, 0.15) is 19.0 Å². The van der Waals surface area contributed by atoms with Gasteiger partial charge in [0.1, 0.15) is 11.5 Å². The van der Waals surface area contributed by atoms with Crippen LogP contribution in [0.3, 0.4) is 0 Å². The Morgan fingerprint density at radius 2 is 1.94 bits per heavy atom. The van der Waals surface area contributed by atoms with E-state index in [1.54, 1.807) is 26.2 Å². The van der Waals surface area contributed by atoms with Gasteiger partial charge in [-0.3, -0.25) is 9.59 Å². The van der Waals surface area contributed by atoms with Gasteiger partial charge >= 0.3 is 0 Å². The molecule has 8 heteroatoms. The summed E-state index contributed by atoms with van der Waals surface area (Å²) in [7, 11) is 3.18. The van der Waals surface area contributed by atoms with E-state index in [4.69, 9.17) is 14.5 Å². The average Bonchev–Trinajstić information content (AvgIpc) is 3.24. The Morgan fingerprint density at radius 1 is 1.11 bits per heavy atom. The first kappa shape index (κ1) is 23.8. The normalized spacial score (nSPS) is 10.7. The van der Waals surface area contributed by atoms with E-state index in [1.807, 2.05) is 60.0 Å². The molecule has 35 heavy (non-hydrogen) atoms. The molecule has 2 aromatic heterocycles. The molecule has 0 unspecified atom stereocenters. The summed E-state index contributed by atoms with van der Waals surface area (Å²) in [6.45, 7) is 3.80. The van der Waals surface area contributed by atoms with Gasteiger partial charge in [0.15, 0.2) is 11.4 Å². The lowest BCUT2D eigenvalue weighted by Crippen LogP contribution is -2.28. The Hall–Kier alpha value is -4.33. The number of aromatic nitrogens is 2. The van der Waals surface area contributed by atoms with Crippen LogP contribution in [0.5, 0.6) is 11.5 Å². The van der Waals surface area contributed by atoms with Gasteiger partial charge in [0, 0.05) is 35.6 Å². The van der Waals surface area contributed by atoms with Crippen molar-refractivity contribution in [2.45, 2.75) is 20.3 Å². The molecule has 180 valence electrons. The molecule has 8 nitrogen and oxygen atoms in total. The predicted octanol–water partition coefficient (Wildman–Crippen LogP) is 5.01. The van der Waals surface area contributed by atoms with E-state index in [0.29, 0.717) is 24.3 Å². The van der Waals surface area contributed by atoms with Crippen molar-refractivity contribution in [2.24, 2.45) is 0 Å². The monoisotopic (exact) mass is 472 g/mol. The van der Waals surface area contributed by atoms with E-state index in [-0.39, 0.29) is 12.3 Å². The molecule has 2 heterocycles. The molecule has 2 aromatic carbocycles. The van der Waals surface area contributed by atoms with E-state index >= 15 is 0 Å². The first-order valence-electron chi connectivity index (χ1n) is 11.3. The van der Waals surface area contributed by atoms with Crippen molar-refractivity contribution in [2.75, 3.05) is 31.0 Å². The summed E-state index contributed by atoms with van der Waals surface area (Å²) in [6.07, 6.45) is 2.98. The van der Waals surface area contributed by atoms with Crippen molar-refractivity contribution in [1.82, 2.24) is 9.38 Å². The fourth-order valence-electron chi connectivity index (χ4n) is 3.96. The zero-order valence-electron chi connectivity index (χ0n) is 20.2. The number of benzene rings is 2. The van der Waals surface area contributed by atoms with Gasteiger partial charge < -0.3 is 24.1 Å². The quantitative estimate of drug-likeness (QED) is 0.327. The molecule has 0 aliphatic carbocycles. The van der Waals surface area contributed by atoms with Gasteiger partial charge in [-0.05, 0) is 43.3 Å². The number of hydrogen-bond donors (Lipinski definition) is 1. The lowest BCUT2D eigenvalue weighted by Gasteiger charge is -2.20. The highest BCUT2D eigenvalue weighted by Crippen LogP contribution is 2.34. The molecule has 0 radical (unpaired) electrons. The van der Waals surface area contributed by atoms with Crippen LogP contribution < -0.4 is 19.7 Å². The maximum absolute atomic E-state index is 11.9. The smallest absolute Gasteiger partial charge is 0.214 e. The van der Waals surface area contributed by atoms with Crippen LogP contribution in [0.15, 0.2) is 60.8 Å². The highest BCUT2D eigenvalue weighted by atomic mass is 16.5. The zero-order valence-corrected chi connectivity index (χ0v) is 20.2.